The van der Waals surface area contributed by atoms with Gasteiger partial charge in [-0.05, 0) is 31.6 Å². The van der Waals surface area contributed by atoms with Gasteiger partial charge in [-0.3, -0.25) is 14.4 Å². The normalized spacial score (nSPS) is 23.3. The van der Waals surface area contributed by atoms with Crippen molar-refractivity contribution in [1.82, 2.24) is 10.6 Å². The molecule has 3 atom stereocenters. The highest BCUT2D eigenvalue weighted by Gasteiger charge is 2.39. The van der Waals surface area contributed by atoms with Gasteiger partial charge in [0.1, 0.15) is 5.54 Å². The second kappa shape index (κ2) is 6.91. The third kappa shape index (κ3) is 5.36. The minimum absolute atomic E-state index is 0.00939. The number of rotatable bonds is 8. The summed E-state index contributed by atoms with van der Waals surface area (Å²) >= 11 is 0. The lowest BCUT2D eigenvalue weighted by atomic mass is 9.90. The van der Waals surface area contributed by atoms with Crippen LogP contribution in [-0.4, -0.2) is 29.8 Å². The van der Waals surface area contributed by atoms with Gasteiger partial charge in [0.2, 0.25) is 17.7 Å². The molecule has 0 bridgehead atoms. The van der Waals surface area contributed by atoms with Gasteiger partial charge in [-0.15, -0.1) is 0 Å². The van der Waals surface area contributed by atoms with Crippen molar-refractivity contribution in [2.24, 2.45) is 23.5 Å². The molecule has 1 rings (SSSR count). The first kappa shape index (κ1) is 17.5. The van der Waals surface area contributed by atoms with E-state index in [9.17, 15) is 14.4 Å². The topological polar surface area (TPSA) is 101 Å². The van der Waals surface area contributed by atoms with E-state index < -0.39 is 11.4 Å². The van der Waals surface area contributed by atoms with Crippen LogP contribution in [0.3, 0.4) is 0 Å². The molecule has 3 amide bonds. The number of nitrogens with one attached hydrogen (secondary N) is 2. The van der Waals surface area contributed by atoms with Crippen LogP contribution in [0.15, 0.2) is 0 Å². The summed E-state index contributed by atoms with van der Waals surface area (Å²) in [6, 6.07) is 0. The largest absolute Gasteiger partial charge is 0.368 e. The quantitative estimate of drug-likeness (QED) is 0.610. The van der Waals surface area contributed by atoms with Gasteiger partial charge in [0.25, 0.3) is 0 Å². The van der Waals surface area contributed by atoms with E-state index in [0.29, 0.717) is 12.3 Å². The van der Waals surface area contributed by atoms with Crippen LogP contribution in [0.2, 0.25) is 0 Å². The predicted molar refractivity (Wildman–Crippen MR) is 80.1 cm³/mol. The molecule has 0 saturated heterocycles. The molecule has 120 valence electrons. The number of carbonyl (C=O) groups excluding carboxylic acids is 3. The Morgan fingerprint density at radius 1 is 1.33 bits per heavy atom. The minimum Gasteiger partial charge on any atom is -0.368 e. The molecule has 1 aliphatic rings. The van der Waals surface area contributed by atoms with Crippen molar-refractivity contribution in [2.75, 3.05) is 6.54 Å². The molecule has 1 aliphatic carbocycles. The third-order valence-electron chi connectivity index (χ3n) is 3.87. The van der Waals surface area contributed by atoms with Gasteiger partial charge in [0.15, 0.2) is 0 Å². The van der Waals surface area contributed by atoms with E-state index in [2.05, 4.69) is 10.6 Å². The minimum atomic E-state index is -1.04. The zero-order chi connectivity index (χ0) is 16.2. The van der Waals surface area contributed by atoms with Crippen molar-refractivity contribution in [1.29, 1.82) is 0 Å². The predicted octanol–water partition coefficient (Wildman–Crippen LogP) is 0.555. The first-order valence-corrected chi connectivity index (χ1v) is 7.54. The number of hydrogen-bond donors (Lipinski definition) is 3. The molecule has 0 heterocycles. The summed E-state index contributed by atoms with van der Waals surface area (Å²) in [5, 5.41) is 5.43. The molecule has 0 aromatic carbocycles. The van der Waals surface area contributed by atoms with Crippen LogP contribution in [0.1, 0.15) is 47.0 Å². The van der Waals surface area contributed by atoms with Crippen LogP contribution in [0.25, 0.3) is 0 Å². The highest BCUT2D eigenvalue weighted by Crippen LogP contribution is 2.37. The molecule has 21 heavy (non-hydrogen) atoms. The molecular formula is C15H27N3O3. The van der Waals surface area contributed by atoms with Gasteiger partial charge >= 0.3 is 0 Å². The Morgan fingerprint density at radius 3 is 2.33 bits per heavy atom. The van der Waals surface area contributed by atoms with Crippen LogP contribution in [0, 0.1) is 17.8 Å². The van der Waals surface area contributed by atoms with Gasteiger partial charge in [0, 0.05) is 18.9 Å². The van der Waals surface area contributed by atoms with Crippen LogP contribution in [-0.2, 0) is 14.4 Å². The SMILES string of the molecule is CC(C)C[C@](C)(NC(=O)CCNC(=O)[C@H]1C[C@H]1C)C(N)=O. The van der Waals surface area contributed by atoms with Crippen molar-refractivity contribution in [3.63, 3.8) is 0 Å². The molecule has 1 fully saturated rings. The van der Waals surface area contributed by atoms with Crippen LogP contribution >= 0.6 is 0 Å². The lowest BCUT2D eigenvalue weighted by Crippen LogP contribution is -2.56. The van der Waals surface area contributed by atoms with Gasteiger partial charge in [0.05, 0.1) is 0 Å². The van der Waals surface area contributed by atoms with Crippen molar-refractivity contribution < 1.29 is 14.4 Å². The second-order valence-electron chi connectivity index (χ2n) is 6.70. The van der Waals surface area contributed by atoms with E-state index in [-0.39, 0.29) is 36.6 Å². The first-order chi connectivity index (χ1) is 9.65. The van der Waals surface area contributed by atoms with Crippen LogP contribution in [0.4, 0.5) is 0 Å². The van der Waals surface area contributed by atoms with Gasteiger partial charge in [-0.2, -0.15) is 0 Å². The van der Waals surface area contributed by atoms with E-state index >= 15 is 0 Å². The second-order valence-corrected chi connectivity index (χ2v) is 6.70. The molecule has 0 radical (unpaired) electrons. The summed E-state index contributed by atoms with van der Waals surface area (Å²) in [7, 11) is 0. The summed E-state index contributed by atoms with van der Waals surface area (Å²) in [6.45, 7) is 7.87. The fourth-order valence-corrected chi connectivity index (χ4v) is 2.52. The van der Waals surface area contributed by atoms with E-state index in [1.165, 1.54) is 0 Å². The summed E-state index contributed by atoms with van der Waals surface area (Å²) < 4.78 is 0. The Hall–Kier alpha value is -1.59. The van der Waals surface area contributed by atoms with E-state index in [4.69, 9.17) is 5.73 Å². The van der Waals surface area contributed by atoms with Gasteiger partial charge in [-0.25, -0.2) is 0 Å². The maximum absolute atomic E-state index is 11.9. The van der Waals surface area contributed by atoms with E-state index in [1.807, 2.05) is 20.8 Å². The molecule has 0 unspecified atom stereocenters. The number of amides is 3. The van der Waals surface area contributed by atoms with Gasteiger partial charge in [-0.1, -0.05) is 20.8 Å². The zero-order valence-corrected chi connectivity index (χ0v) is 13.4. The lowest BCUT2D eigenvalue weighted by Gasteiger charge is -2.29. The molecule has 6 heteroatoms. The number of primary amides is 1. The Kier molecular flexibility index (Phi) is 5.75. The smallest absolute Gasteiger partial charge is 0.242 e. The highest BCUT2D eigenvalue weighted by atomic mass is 16.2. The Bertz CT molecular complexity index is 422. The number of hydrogen-bond acceptors (Lipinski definition) is 3. The highest BCUT2D eigenvalue weighted by molar-refractivity contribution is 5.90. The summed E-state index contributed by atoms with van der Waals surface area (Å²) in [4.78, 5) is 35.1. The molecular weight excluding hydrogens is 270 g/mol. The van der Waals surface area contributed by atoms with Crippen LogP contribution in [0.5, 0.6) is 0 Å². The van der Waals surface area contributed by atoms with Gasteiger partial charge < -0.3 is 16.4 Å². The summed E-state index contributed by atoms with van der Waals surface area (Å²) in [5.74, 6) is -0.0246. The fourth-order valence-electron chi connectivity index (χ4n) is 2.52. The average molecular weight is 297 g/mol. The fraction of sp³-hybridized carbons (Fsp3) is 0.800. The maximum Gasteiger partial charge on any atom is 0.242 e. The molecule has 0 aromatic rings. The number of carbonyl (C=O) groups is 3. The Morgan fingerprint density at radius 2 is 1.90 bits per heavy atom. The molecule has 6 nitrogen and oxygen atoms in total. The van der Waals surface area contributed by atoms with Crippen molar-refractivity contribution in [3.8, 4) is 0 Å². The average Bonchev–Trinajstić information content (AvgIpc) is 3.04. The van der Waals surface area contributed by atoms with Crippen molar-refractivity contribution in [2.45, 2.75) is 52.5 Å². The molecule has 4 N–H and O–H groups in total. The third-order valence-corrected chi connectivity index (χ3v) is 3.87. The molecule has 0 aliphatic heterocycles. The lowest BCUT2D eigenvalue weighted by molar-refractivity contribution is -0.131. The Labute approximate surface area is 126 Å². The standard InChI is InChI=1S/C15H27N3O3/c1-9(2)8-15(4,14(16)21)18-12(19)5-6-17-13(20)11-7-10(11)3/h9-11H,5-8H2,1-4H3,(H2,16,21)(H,17,20)(H,18,19)/t10-,11+,15+/m1/s1. The van der Waals surface area contributed by atoms with Crippen molar-refractivity contribution >= 4 is 17.7 Å². The number of nitrogens with two attached hydrogens (primary N) is 1. The molecule has 0 spiro atoms. The van der Waals surface area contributed by atoms with E-state index in [0.717, 1.165) is 6.42 Å². The summed E-state index contributed by atoms with van der Waals surface area (Å²) in [5.41, 5.74) is 4.34. The van der Waals surface area contributed by atoms with Crippen molar-refractivity contribution in [3.05, 3.63) is 0 Å². The maximum atomic E-state index is 11.9. The zero-order valence-electron chi connectivity index (χ0n) is 13.4. The Balaban J connectivity index is 2.36. The molecule has 0 aromatic heterocycles. The first-order valence-electron chi connectivity index (χ1n) is 7.54. The summed E-state index contributed by atoms with van der Waals surface area (Å²) in [6.07, 6.45) is 1.56. The van der Waals surface area contributed by atoms with E-state index in [1.54, 1.807) is 6.92 Å². The monoisotopic (exact) mass is 297 g/mol. The van der Waals surface area contributed by atoms with Crippen LogP contribution < -0.4 is 16.4 Å². The molecule has 1 saturated carbocycles.